The number of nitrogens with one attached hydrogen (secondary N) is 1. The summed E-state index contributed by atoms with van der Waals surface area (Å²) in [5.74, 6) is 2.35. The molecule has 2 aromatic carbocycles. The van der Waals surface area contributed by atoms with Gasteiger partial charge in [-0.25, -0.2) is 15.0 Å². The van der Waals surface area contributed by atoms with E-state index in [0.717, 1.165) is 33.5 Å². The van der Waals surface area contributed by atoms with Gasteiger partial charge in [-0.1, -0.05) is 24.3 Å². The lowest BCUT2D eigenvalue weighted by Crippen LogP contribution is -2.35. The molecule has 0 spiro atoms. The molecule has 0 amide bonds. The Labute approximate surface area is 197 Å². The first-order valence-corrected chi connectivity index (χ1v) is 10.3. The first-order valence-electron chi connectivity index (χ1n) is 10.3. The molecule has 0 saturated carbocycles. The summed E-state index contributed by atoms with van der Waals surface area (Å²) in [6.07, 6.45) is 5.80. The van der Waals surface area contributed by atoms with E-state index in [2.05, 4.69) is 39.6 Å². The van der Waals surface area contributed by atoms with Crippen LogP contribution in [0, 0.1) is 0 Å². The smallest absolute Gasteiger partial charge is 0.194 e. The van der Waals surface area contributed by atoms with Gasteiger partial charge in [0.2, 0.25) is 0 Å². The predicted molar refractivity (Wildman–Crippen MR) is 129 cm³/mol. The molecular weight excluding hydrogens is 442 g/mol. The molecule has 1 atom stereocenters. The van der Waals surface area contributed by atoms with Crippen molar-refractivity contribution >= 4 is 24.1 Å². The van der Waals surface area contributed by atoms with Crippen LogP contribution in [0.1, 0.15) is 23.6 Å². The number of aliphatic imine (C=N–C) groups is 1. The lowest BCUT2D eigenvalue weighted by atomic mass is 9.90. The first kappa shape index (κ1) is 22.4. The van der Waals surface area contributed by atoms with Gasteiger partial charge in [-0.15, -0.1) is 12.4 Å². The zero-order valence-electron chi connectivity index (χ0n) is 18.2. The highest BCUT2D eigenvalue weighted by Gasteiger charge is 2.31. The zero-order chi connectivity index (χ0) is 22.1. The topological polar surface area (TPSA) is 104 Å². The van der Waals surface area contributed by atoms with Crippen LogP contribution >= 0.6 is 12.4 Å². The molecular formula is C24H24ClN5O3. The number of benzene rings is 2. The van der Waals surface area contributed by atoms with Crippen molar-refractivity contribution in [3.63, 3.8) is 0 Å². The van der Waals surface area contributed by atoms with Crippen molar-refractivity contribution in [3.8, 4) is 28.4 Å². The Bertz CT molecular complexity index is 1210. The Morgan fingerprint density at radius 1 is 1.03 bits per heavy atom. The third-order valence-electron chi connectivity index (χ3n) is 5.67. The molecule has 0 saturated heterocycles. The standard InChI is InChI=1S/C24H23N5O3.ClH/c1-30-17-9-19(31-2)21-20(10-17)32-8-7-18-22(28-24(25)29-23(18)21)15-5-3-14(4-6-15)16-11-26-13-27-12-16;/h3-6,9-13,22H,7-8H2,1-2H3,(H3,25,28,29);1H. The molecule has 2 aliphatic rings. The van der Waals surface area contributed by atoms with E-state index in [9.17, 15) is 0 Å². The number of hydrogen-bond donors (Lipinski definition) is 2. The maximum absolute atomic E-state index is 6.23. The Hall–Kier alpha value is -3.78. The summed E-state index contributed by atoms with van der Waals surface area (Å²) >= 11 is 0. The summed E-state index contributed by atoms with van der Waals surface area (Å²) in [6.45, 7) is 0.509. The molecule has 1 unspecified atom stereocenters. The van der Waals surface area contributed by atoms with Crippen molar-refractivity contribution < 1.29 is 14.2 Å². The van der Waals surface area contributed by atoms with Gasteiger partial charge in [0.15, 0.2) is 5.96 Å². The summed E-state index contributed by atoms with van der Waals surface area (Å²) in [5.41, 5.74) is 12.1. The van der Waals surface area contributed by atoms with Gasteiger partial charge < -0.3 is 25.3 Å². The molecule has 9 heteroatoms. The number of ether oxygens (including phenoxy) is 3. The fraction of sp³-hybridized carbons (Fsp3) is 0.208. The van der Waals surface area contributed by atoms with E-state index in [1.54, 1.807) is 26.6 Å². The fourth-order valence-corrected chi connectivity index (χ4v) is 4.14. The molecule has 0 bridgehead atoms. The average molecular weight is 466 g/mol. The number of aromatic nitrogens is 2. The largest absolute Gasteiger partial charge is 0.496 e. The SMILES string of the molecule is COc1cc(OC)c2c(c1)OCCC1=C2NC(N)=NC1c1ccc(-c2cncnc2)cc1.Cl. The molecule has 0 radical (unpaired) electrons. The molecule has 1 aromatic heterocycles. The quantitative estimate of drug-likeness (QED) is 0.604. The van der Waals surface area contributed by atoms with Gasteiger partial charge in [0.25, 0.3) is 0 Å². The van der Waals surface area contributed by atoms with E-state index in [0.29, 0.717) is 36.2 Å². The second kappa shape index (κ2) is 9.38. The van der Waals surface area contributed by atoms with E-state index in [1.165, 1.54) is 6.33 Å². The molecule has 3 aromatic rings. The number of nitrogens with two attached hydrogens (primary N) is 1. The molecule has 8 nitrogen and oxygen atoms in total. The van der Waals surface area contributed by atoms with Crippen LogP contribution in [0.2, 0.25) is 0 Å². The molecule has 33 heavy (non-hydrogen) atoms. The van der Waals surface area contributed by atoms with Crippen LogP contribution in [0.3, 0.4) is 0 Å². The summed E-state index contributed by atoms with van der Waals surface area (Å²) in [6, 6.07) is 11.7. The Morgan fingerprint density at radius 3 is 2.48 bits per heavy atom. The van der Waals surface area contributed by atoms with Gasteiger partial charge >= 0.3 is 0 Å². The second-order valence-electron chi connectivity index (χ2n) is 7.49. The number of fused-ring (bicyclic) bond motifs is 2. The molecule has 170 valence electrons. The van der Waals surface area contributed by atoms with E-state index in [-0.39, 0.29) is 18.4 Å². The van der Waals surface area contributed by atoms with Crippen molar-refractivity contribution in [1.29, 1.82) is 0 Å². The summed E-state index contributed by atoms with van der Waals surface area (Å²) < 4.78 is 17.2. The Morgan fingerprint density at radius 2 is 1.79 bits per heavy atom. The molecule has 2 aliphatic heterocycles. The average Bonchev–Trinajstić information content (AvgIpc) is 3.03. The minimum Gasteiger partial charge on any atom is -0.496 e. The maximum Gasteiger partial charge on any atom is 0.194 e. The summed E-state index contributed by atoms with van der Waals surface area (Å²) in [5, 5.41) is 3.25. The molecule has 3 heterocycles. The van der Waals surface area contributed by atoms with E-state index >= 15 is 0 Å². The van der Waals surface area contributed by atoms with Gasteiger partial charge in [-0.2, -0.15) is 0 Å². The van der Waals surface area contributed by atoms with Gasteiger partial charge in [0, 0.05) is 36.5 Å². The second-order valence-corrected chi connectivity index (χ2v) is 7.49. The summed E-state index contributed by atoms with van der Waals surface area (Å²) in [4.78, 5) is 12.9. The highest BCUT2D eigenvalue weighted by Crippen LogP contribution is 2.45. The first-order chi connectivity index (χ1) is 15.7. The van der Waals surface area contributed by atoms with Gasteiger partial charge in [-0.3, -0.25) is 0 Å². The highest BCUT2D eigenvalue weighted by atomic mass is 35.5. The van der Waals surface area contributed by atoms with Crippen molar-refractivity contribution in [1.82, 2.24) is 15.3 Å². The minimum absolute atomic E-state index is 0. The van der Waals surface area contributed by atoms with Crippen LogP contribution in [0.5, 0.6) is 17.2 Å². The van der Waals surface area contributed by atoms with Crippen LogP contribution in [-0.4, -0.2) is 36.8 Å². The van der Waals surface area contributed by atoms with Crippen LogP contribution in [0.25, 0.3) is 16.8 Å². The molecule has 0 fully saturated rings. The third kappa shape index (κ3) is 4.17. The van der Waals surface area contributed by atoms with E-state index in [1.807, 2.05) is 12.1 Å². The van der Waals surface area contributed by atoms with Crippen molar-refractivity contribution in [2.45, 2.75) is 12.5 Å². The Balaban J connectivity index is 0.00000259. The lowest BCUT2D eigenvalue weighted by molar-refractivity contribution is 0.315. The number of methoxy groups -OCH3 is 2. The Kier molecular flexibility index (Phi) is 6.37. The number of rotatable bonds is 4. The number of halogens is 1. The van der Waals surface area contributed by atoms with E-state index < -0.39 is 0 Å². The summed E-state index contributed by atoms with van der Waals surface area (Å²) in [7, 11) is 3.25. The van der Waals surface area contributed by atoms with Crippen molar-refractivity contribution in [3.05, 3.63) is 71.8 Å². The number of guanidine groups is 1. The van der Waals surface area contributed by atoms with Crippen LogP contribution in [-0.2, 0) is 0 Å². The van der Waals surface area contributed by atoms with Crippen LogP contribution in [0.15, 0.2) is 65.7 Å². The monoisotopic (exact) mass is 465 g/mol. The van der Waals surface area contributed by atoms with E-state index in [4.69, 9.17) is 24.9 Å². The van der Waals surface area contributed by atoms with Gasteiger partial charge in [-0.05, 0) is 16.7 Å². The van der Waals surface area contributed by atoms with Crippen molar-refractivity contribution in [2.24, 2.45) is 10.7 Å². The van der Waals surface area contributed by atoms with Crippen LogP contribution < -0.4 is 25.3 Å². The number of hydrogen-bond acceptors (Lipinski definition) is 8. The molecule has 5 rings (SSSR count). The highest BCUT2D eigenvalue weighted by molar-refractivity contribution is 5.94. The van der Waals surface area contributed by atoms with Crippen molar-refractivity contribution in [2.75, 3.05) is 20.8 Å². The van der Waals surface area contributed by atoms with Crippen LogP contribution in [0.4, 0.5) is 0 Å². The zero-order valence-corrected chi connectivity index (χ0v) is 19.1. The number of nitrogens with zero attached hydrogens (tertiary/aromatic N) is 3. The normalized spacial score (nSPS) is 16.7. The predicted octanol–water partition coefficient (Wildman–Crippen LogP) is 3.74. The third-order valence-corrected chi connectivity index (χ3v) is 5.67. The molecule has 3 N–H and O–H groups in total. The molecule has 0 aliphatic carbocycles. The lowest BCUT2D eigenvalue weighted by Gasteiger charge is -2.27. The fourth-order valence-electron chi connectivity index (χ4n) is 4.14. The van der Waals surface area contributed by atoms with Gasteiger partial charge in [0.05, 0.1) is 32.1 Å². The minimum atomic E-state index is -0.228. The van der Waals surface area contributed by atoms with Gasteiger partial charge in [0.1, 0.15) is 29.6 Å². The maximum atomic E-state index is 6.23.